The van der Waals surface area contributed by atoms with Crippen LogP contribution < -0.4 is 26.5 Å². The SMILES string of the molecule is CN1CCC[C@H]1COc1ccncc1NC(=O)C1C(N)NN2CC(Cl)CNC12. The summed E-state index contributed by atoms with van der Waals surface area (Å²) >= 11 is 6.19. The van der Waals surface area contributed by atoms with E-state index in [9.17, 15) is 4.79 Å². The molecule has 4 unspecified atom stereocenters. The van der Waals surface area contributed by atoms with Gasteiger partial charge in [0.15, 0.2) is 0 Å². The Balaban J connectivity index is 1.42. The average molecular weight is 410 g/mol. The number of halogens is 1. The number of rotatable bonds is 5. The number of alkyl halides is 1. The minimum Gasteiger partial charge on any atom is -0.490 e. The van der Waals surface area contributed by atoms with Crippen LogP contribution in [0.2, 0.25) is 0 Å². The van der Waals surface area contributed by atoms with Crippen LogP contribution in [0.5, 0.6) is 5.75 Å². The second-order valence-corrected chi connectivity index (χ2v) is 8.35. The summed E-state index contributed by atoms with van der Waals surface area (Å²) in [6, 6.07) is 2.17. The lowest BCUT2D eigenvalue weighted by Gasteiger charge is -2.34. The van der Waals surface area contributed by atoms with E-state index < -0.39 is 12.1 Å². The molecule has 1 aromatic heterocycles. The predicted molar refractivity (Wildman–Crippen MR) is 107 cm³/mol. The summed E-state index contributed by atoms with van der Waals surface area (Å²) in [7, 11) is 2.11. The van der Waals surface area contributed by atoms with Gasteiger partial charge in [-0.25, -0.2) is 10.4 Å². The van der Waals surface area contributed by atoms with Crippen LogP contribution in [-0.4, -0.2) is 77.8 Å². The number of hydrazine groups is 1. The van der Waals surface area contributed by atoms with Gasteiger partial charge in [-0.15, -0.1) is 11.6 Å². The van der Waals surface area contributed by atoms with E-state index in [1.54, 1.807) is 18.5 Å². The van der Waals surface area contributed by atoms with Crippen LogP contribution in [-0.2, 0) is 4.79 Å². The van der Waals surface area contributed by atoms with Gasteiger partial charge < -0.3 is 20.7 Å². The molecule has 0 saturated carbocycles. The molecule has 10 heteroatoms. The van der Waals surface area contributed by atoms with Crippen molar-refractivity contribution in [1.82, 2.24) is 25.6 Å². The van der Waals surface area contributed by atoms with Crippen LogP contribution in [0.15, 0.2) is 18.5 Å². The highest BCUT2D eigenvalue weighted by atomic mass is 35.5. The fraction of sp³-hybridized carbons (Fsp3) is 0.667. The molecule has 0 aliphatic carbocycles. The molecule has 4 rings (SSSR count). The van der Waals surface area contributed by atoms with Gasteiger partial charge in [-0.2, -0.15) is 0 Å². The zero-order valence-corrected chi connectivity index (χ0v) is 16.7. The third kappa shape index (κ3) is 4.10. The maximum Gasteiger partial charge on any atom is 0.233 e. The monoisotopic (exact) mass is 409 g/mol. The van der Waals surface area contributed by atoms with Gasteiger partial charge in [0.1, 0.15) is 18.0 Å². The number of anilines is 1. The van der Waals surface area contributed by atoms with Crippen LogP contribution >= 0.6 is 11.6 Å². The smallest absolute Gasteiger partial charge is 0.233 e. The van der Waals surface area contributed by atoms with Crippen molar-refractivity contribution in [2.45, 2.75) is 36.6 Å². The standard InChI is InChI=1S/C18H28ClN7O2/c1-25-6-2-3-12(25)10-28-14-4-5-21-8-13(14)23-18(27)15-16(20)24-26-9-11(19)7-22-17(15)26/h4-5,8,11-12,15-17,22,24H,2-3,6-7,9-10,20H2,1H3,(H,23,27)/t11?,12-,15?,16?,17?/m0/s1. The van der Waals surface area contributed by atoms with E-state index in [0.717, 1.165) is 13.0 Å². The minimum absolute atomic E-state index is 0.0233. The Morgan fingerprint density at radius 2 is 2.39 bits per heavy atom. The maximum absolute atomic E-state index is 13.0. The number of carbonyl (C=O) groups is 1. The number of amides is 1. The molecule has 28 heavy (non-hydrogen) atoms. The average Bonchev–Trinajstić information content (AvgIpc) is 3.22. The molecule has 0 spiro atoms. The van der Waals surface area contributed by atoms with Crippen molar-refractivity contribution in [2.24, 2.45) is 11.7 Å². The second-order valence-electron chi connectivity index (χ2n) is 7.73. The molecule has 4 heterocycles. The molecule has 3 saturated heterocycles. The number of carbonyl (C=O) groups excluding carboxylic acids is 1. The summed E-state index contributed by atoms with van der Waals surface area (Å²) < 4.78 is 6.02. The number of aromatic nitrogens is 1. The third-order valence-electron chi connectivity index (χ3n) is 5.77. The Kier molecular flexibility index (Phi) is 6.00. The lowest BCUT2D eigenvalue weighted by atomic mass is 10.0. The molecule has 154 valence electrons. The van der Waals surface area contributed by atoms with E-state index in [1.165, 1.54) is 6.42 Å². The number of hydrogen-bond acceptors (Lipinski definition) is 8. The van der Waals surface area contributed by atoms with E-state index in [1.807, 2.05) is 5.01 Å². The summed E-state index contributed by atoms with van der Waals surface area (Å²) in [6.45, 7) is 2.95. The zero-order chi connectivity index (χ0) is 19.7. The summed E-state index contributed by atoms with van der Waals surface area (Å²) in [5.41, 5.74) is 9.88. The molecule has 0 bridgehead atoms. The molecule has 0 aromatic carbocycles. The molecule has 5 atom stereocenters. The molecule has 5 N–H and O–H groups in total. The van der Waals surface area contributed by atoms with Crippen LogP contribution in [0, 0.1) is 5.92 Å². The highest BCUT2D eigenvalue weighted by Crippen LogP contribution is 2.28. The van der Waals surface area contributed by atoms with E-state index in [4.69, 9.17) is 22.1 Å². The first kappa shape index (κ1) is 19.8. The Morgan fingerprint density at radius 1 is 1.54 bits per heavy atom. The number of nitrogens with two attached hydrogens (primary N) is 1. The largest absolute Gasteiger partial charge is 0.490 e. The number of nitrogens with one attached hydrogen (secondary N) is 3. The molecule has 1 aromatic rings. The van der Waals surface area contributed by atoms with Gasteiger partial charge in [0.05, 0.1) is 29.8 Å². The third-order valence-corrected chi connectivity index (χ3v) is 6.06. The van der Waals surface area contributed by atoms with Crippen molar-refractivity contribution in [1.29, 1.82) is 0 Å². The van der Waals surface area contributed by atoms with Crippen LogP contribution in [0.25, 0.3) is 0 Å². The quantitative estimate of drug-likeness (QED) is 0.493. The van der Waals surface area contributed by atoms with Crippen molar-refractivity contribution in [3.05, 3.63) is 18.5 Å². The normalized spacial score (nSPS) is 33.6. The molecule has 3 aliphatic rings. The first-order valence-corrected chi connectivity index (χ1v) is 10.2. The second kappa shape index (κ2) is 8.48. The number of hydrogen-bond donors (Lipinski definition) is 4. The van der Waals surface area contributed by atoms with Gasteiger partial charge >= 0.3 is 0 Å². The molecule has 1 amide bonds. The fourth-order valence-corrected chi connectivity index (χ4v) is 4.41. The zero-order valence-electron chi connectivity index (χ0n) is 16.0. The van der Waals surface area contributed by atoms with Gasteiger partial charge in [0.25, 0.3) is 0 Å². The fourth-order valence-electron chi connectivity index (χ4n) is 4.17. The van der Waals surface area contributed by atoms with Gasteiger partial charge in [-0.1, -0.05) is 0 Å². The molecule has 3 aliphatic heterocycles. The molecule has 3 fully saturated rings. The highest BCUT2D eigenvalue weighted by molar-refractivity contribution is 6.21. The first-order valence-electron chi connectivity index (χ1n) is 9.76. The number of pyridine rings is 1. The maximum atomic E-state index is 13.0. The van der Waals surface area contributed by atoms with Crippen molar-refractivity contribution in [3.8, 4) is 5.75 Å². The number of fused-ring (bicyclic) bond motifs is 1. The van der Waals surface area contributed by atoms with Crippen LogP contribution in [0.4, 0.5) is 5.69 Å². The van der Waals surface area contributed by atoms with Gasteiger partial charge in [0, 0.05) is 31.4 Å². The number of likely N-dealkylation sites (N-methyl/N-ethyl adjacent to an activating group) is 1. The Bertz CT molecular complexity index is 708. The van der Waals surface area contributed by atoms with Crippen molar-refractivity contribution in [2.75, 3.05) is 38.6 Å². The summed E-state index contributed by atoms with van der Waals surface area (Å²) in [5, 5.41) is 8.14. The van der Waals surface area contributed by atoms with E-state index >= 15 is 0 Å². The first-order chi connectivity index (χ1) is 13.5. The Morgan fingerprint density at radius 3 is 3.18 bits per heavy atom. The van der Waals surface area contributed by atoms with E-state index in [0.29, 0.717) is 37.2 Å². The van der Waals surface area contributed by atoms with Crippen LogP contribution in [0.3, 0.4) is 0 Å². The van der Waals surface area contributed by atoms with Crippen molar-refractivity contribution >= 4 is 23.2 Å². The number of ether oxygens (including phenoxy) is 1. The Hall–Kier alpha value is -1.49. The molecule has 0 radical (unpaired) electrons. The summed E-state index contributed by atoms with van der Waals surface area (Å²) in [6.07, 6.45) is 4.89. The molecule has 9 nitrogen and oxygen atoms in total. The minimum atomic E-state index is -0.493. The predicted octanol–water partition coefficient (Wildman–Crippen LogP) is -0.249. The lowest BCUT2D eigenvalue weighted by Crippen LogP contribution is -2.58. The summed E-state index contributed by atoms with van der Waals surface area (Å²) in [4.78, 5) is 19.4. The lowest BCUT2D eigenvalue weighted by molar-refractivity contribution is -0.121. The molecular formula is C18H28ClN7O2. The van der Waals surface area contributed by atoms with Gasteiger partial charge in [0.2, 0.25) is 5.91 Å². The highest BCUT2D eigenvalue weighted by Gasteiger charge is 2.46. The summed E-state index contributed by atoms with van der Waals surface area (Å²) in [5.74, 6) is -0.0143. The number of likely N-dealkylation sites (tertiary alicyclic amines) is 1. The number of nitrogens with zero attached hydrogens (tertiary/aromatic N) is 3. The topological polar surface area (TPSA) is 108 Å². The molecular weight excluding hydrogens is 382 g/mol. The van der Waals surface area contributed by atoms with Gasteiger partial charge in [-0.05, 0) is 26.4 Å². The van der Waals surface area contributed by atoms with Crippen molar-refractivity contribution < 1.29 is 9.53 Å². The van der Waals surface area contributed by atoms with Gasteiger partial charge in [-0.3, -0.25) is 15.1 Å². The Labute approximate surface area is 169 Å². The van der Waals surface area contributed by atoms with Crippen LogP contribution in [0.1, 0.15) is 12.8 Å². The van der Waals surface area contributed by atoms with E-state index in [-0.39, 0.29) is 17.5 Å². The van der Waals surface area contributed by atoms with E-state index in [2.05, 4.69) is 33.0 Å². The van der Waals surface area contributed by atoms with Crippen molar-refractivity contribution in [3.63, 3.8) is 0 Å².